The number of tetrazole rings is 1. The maximum atomic E-state index is 12.3. The molecule has 0 aliphatic heterocycles. The van der Waals surface area contributed by atoms with Crippen molar-refractivity contribution in [3.63, 3.8) is 0 Å². The second-order valence-electron chi connectivity index (χ2n) is 4.68. The first-order valence-electron chi connectivity index (χ1n) is 6.35. The van der Waals surface area contributed by atoms with E-state index in [-0.39, 0.29) is 5.91 Å². The summed E-state index contributed by atoms with van der Waals surface area (Å²) >= 11 is 0. The summed E-state index contributed by atoms with van der Waals surface area (Å²) in [5.74, 6) is 0.349. The number of aromatic amines is 1. The van der Waals surface area contributed by atoms with Gasteiger partial charge in [0, 0.05) is 24.7 Å². The van der Waals surface area contributed by atoms with E-state index in [9.17, 15) is 9.90 Å². The van der Waals surface area contributed by atoms with Gasteiger partial charge in [-0.2, -0.15) is 5.21 Å². The molecule has 0 saturated heterocycles. The number of aromatic nitrogens is 4. The minimum Gasteiger partial charge on any atom is -0.393 e. The average molecular weight is 275 g/mol. The van der Waals surface area contributed by atoms with Crippen molar-refractivity contribution in [1.29, 1.82) is 0 Å². The van der Waals surface area contributed by atoms with Crippen LogP contribution in [-0.4, -0.2) is 56.2 Å². The predicted molar refractivity (Wildman–Crippen MR) is 72.9 cm³/mol. The molecule has 0 aliphatic carbocycles. The fourth-order valence-corrected chi connectivity index (χ4v) is 1.78. The minimum absolute atomic E-state index is 0.101. The highest BCUT2D eigenvalue weighted by Crippen LogP contribution is 2.16. The van der Waals surface area contributed by atoms with Crippen molar-refractivity contribution < 1.29 is 9.90 Å². The summed E-state index contributed by atoms with van der Waals surface area (Å²) in [5.41, 5.74) is 1.29. The van der Waals surface area contributed by atoms with E-state index in [0.29, 0.717) is 24.4 Å². The molecule has 2 rings (SSSR count). The van der Waals surface area contributed by atoms with E-state index in [2.05, 4.69) is 20.6 Å². The zero-order valence-corrected chi connectivity index (χ0v) is 11.4. The molecule has 1 heterocycles. The fraction of sp³-hybridized carbons (Fsp3) is 0.385. The maximum Gasteiger partial charge on any atom is 0.253 e. The van der Waals surface area contributed by atoms with Gasteiger partial charge in [-0.1, -0.05) is 12.1 Å². The Kier molecular flexibility index (Phi) is 4.41. The number of nitrogens with one attached hydrogen (secondary N) is 1. The molecule has 2 aromatic rings. The van der Waals surface area contributed by atoms with Gasteiger partial charge in [0.1, 0.15) is 0 Å². The molecule has 1 atom stereocenters. The smallest absolute Gasteiger partial charge is 0.253 e. The van der Waals surface area contributed by atoms with Crippen LogP contribution in [0.5, 0.6) is 0 Å². The van der Waals surface area contributed by atoms with Gasteiger partial charge in [0.05, 0.1) is 6.10 Å². The Morgan fingerprint density at radius 2 is 2.30 bits per heavy atom. The number of hydrogen-bond donors (Lipinski definition) is 2. The third-order valence-electron chi connectivity index (χ3n) is 2.94. The Hall–Kier alpha value is -2.28. The minimum atomic E-state index is -0.420. The van der Waals surface area contributed by atoms with Gasteiger partial charge in [-0.25, -0.2) is 0 Å². The lowest BCUT2D eigenvalue weighted by Crippen LogP contribution is -2.29. The number of carbonyl (C=O) groups is 1. The molecule has 1 amide bonds. The summed E-state index contributed by atoms with van der Waals surface area (Å²) in [6, 6.07) is 7.07. The van der Waals surface area contributed by atoms with Crippen LogP contribution < -0.4 is 0 Å². The molecule has 2 N–H and O–H groups in total. The van der Waals surface area contributed by atoms with Crippen molar-refractivity contribution in [3.8, 4) is 11.4 Å². The van der Waals surface area contributed by atoms with Crippen LogP contribution >= 0.6 is 0 Å². The van der Waals surface area contributed by atoms with Gasteiger partial charge in [0.15, 0.2) is 0 Å². The van der Waals surface area contributed by atoms with E-state index in [1.165, 1.54) is 0 Å². The summed E-state index contributed by atoms with van der Waals surface area (Å²) in [5, 5.41) is 22.9. The second-order valence-corrected chi connectivity index (χ2v) is 4.68. The molecular formula is C13H17N5O2. The number of aliphatic hydroxyl groups excluding tert-OH is 1. The average Bonchev–Trinajstić information content (AvgIpc) is 2.98. The third kappa shape index (κ3) is 3.39. The third-order valence-corrected chi connectivity index (χ3v) is 2.94. The number of nitrogens with zero attached hydrogens (tertiary/aromatic N) is 4. The highest BCUT2D eigenvalue weighted by molar-refractivity contribution is 5.95. The van der Waals surface area contributed by atoms with Crippen molar-refractivity contribution >= 4 is 5.91 Å². The highest BCUT2D eigenvalue weighted by atomic mass is 16.3. The van der Waals surface area contributed by atoms with Crippen LogP contribution in [-0.2, 0) is 0 Å². The topological polar surface area (TPSA) is 95.0 Å². The highest BCUT2D eigenvalue weighted by Gasteiger charge is 2.13. The summed E-state index contributed by atoms with van der Waals surface area (Å²) in [6.45, 7) is 2.21. The Bertz CT molecular complexity index is 568. The van der Waals surface area contributed by atoms with E-state index in [1.807, 2.05) is 6.07 Å². The number of hydrogen-bond acceptors (Lipinski definition) is 5. The molecule has 7 nitrogen and oxygen atoms in total. The Morgan fingerprint density at radius 1 is 1.50 bits per heavy atom. The van der Waals surface area contributed by atoms with Crippen molar-refractivity contribution in [1.82, 2.24) is 25.5 Å². The standard InChI is InChI=1S/C13H17N5O2/c1-9(19)6-7-18(2)13(20)11-5-3-4-10(8-11)12-14-16-17-15-12/h3-5,8-9,19H,6-7H2,1-2H3,(H,14,15,16,17). The molecule has 1 unspecified atom stereocenters. The Balaban J connectivity index is 2.12. The lowest BCUT2D eigenvalue weighted by Gasteiger charge is -2.18. The van der Waals surface area contributed by atoms with Crippen LogP contribution in [0.1, 0.15) is 23.7 Å². The molecule has 106 valence electrons. The Morgan fingerprint density at radius 3 is 2.95 bits per heavy atom. The quantitative estimate of drug-likeness (QED) is 0.838. The largest absolute Gasteiger partial charge is 0.393 e. The first-order chi connectivity index (χ1) is 9.58. The van der Waals surface area contributed by atoms with Gasteiger partial charge < -0.3 is 10.0 Å². The normalized spacial score (nSPS) is 12.2. The van der Waals surface area contributed by atoms with Crippen LogP contribution in [0.15, 0.2) is 24.3 Å². The SMILES string of the molecule is CC(O)CCN(C)C(=O)c1cccc(-c2nn[nH]n2)c1. The van der Waals surface area contributed by atoms with E-state index < -0.39 is 6.10 Å². The number of benzene rings is 1. The molecule has 0 aliphatic rings. The number of H-pyrrole nitrogens is 1. The molecule has 0 fully saturated rings. The molecule has 20 heavy (non-hydrogen) atoms. The van der Waals surface area contributed by atoms with Gasteiger partial charge in [-0.05, 0) is 30.7 Å². The second kappa shape index (κ2) is 6.25. The van der Waals surface area contributed by atoms with Crippen LogP contribution in [0, 0.1) is 0 Å². The molecule has 7 heteroatoms. The van der Waals surface area contributed by atoms with Gasteiger partial charge in [-0.3, -0.25) is 4.79 Å². The van der Waals surface area contributed by atoms with Crippen molar-refractivity contribution in [2.24, 2.45) is 0 Å². The van der Waals surface area contributed by atoms with Crippen molar-refractivity contribution in [2.75, 3.05) is 13.6 Å². The number of rotatable bonds is 5. The molecule has 0 saturated carbocycles. The zero-order chi connectivity index (χ0) is 14.5. The molecule has 1 aromatic heterocycles. The maximum absolute atomic E-state index is 12.3. The van der Waals surface area contributed by atoms with Gasteiger partial charge >= 0.3 is 0 Å². The van der Waals surface area contributed by atoms with Crippen LogP contribution in [0.2, 0.25) is 0 Å². The van der Waals surface area contributed by atoms with E-state index >= 15 is 0 Å². The number of amides is 1. The number of aliphatic hydroxyl groups is 1. The molecule has 0 radical (unpaired) electrons. The summed E-state index contributed by atoms with van der Waals surface area (Å²) in [4.78, 5) is 13.8. The molecule has 1 aromatic carbocycles. The van der Waals surface area contributed by atoms with Gasteiger partial charge in [0.2, 0.25) is 5.82 Å². The number of carbonyl (C=O) groups excluding carboxylic acids is 1. The van der Waals surface area contributed by atoms with Crippen molar-refractivity contribution in [3.05, 3.63) is 29.8 Å². The van der Waals surface area contributed by atoms with Crippen LogP contribution in [0.25, 0.3) is 11.4 Å². The first-order valence-corrected chi connectivity index (χ1v) is 6.35. The van der Waals surface area contributed by atoms with Crippen LogP contribution in [0.4, 0.5) is 0 Å². The van der Waals surface area contributed by atoms with Crippen molar-refractivity contribution in [2.45, 2.75) is 19.4 Å². The molecule has 0 bridgehead atoms. The summed E-state index contributed by atoms with van der Waals surface area (Å²) in [7, 11) is 1.71. The predicted octanol–water partition coefficient (Wildman–Crippen LogP) is 0.710. The van der Waals surface area contributed by atoms with E-state index in [4.69, 9.17) is 0 Å². The monoisotopic (exact) mass is 275 g/mol. The lowest BCUT2D eigenvalue weighted by molar-refractivity contribution is 0.0769. The fourth-order valence-electron chi connectivity index (χ4n) is 1.78. The molecular weight excluding hydrogens is 258 g/mol. The summed E-state index contributed by atoms with van der Waals surface area (Å²) in [6.07, 6.45) is 0.128. The van der Waals surface area contributed by atoms with Gasteiger partial charge in [-0.15, -0.1) is 10.2 Å². The van der Waals surface area contributed by atoms with Gasteiger partial charge in [0.25, 0.3) is 5.91 Å². The van der Waals surface area contributed by atoms with Crippen LogP contribution in [0.3, 0.4) is 0 Å². The molecule has 0 spiro atoms. The zero-order valence-electron chi connectivity index (χ0n) is 11.4. The van der Waals surface area contributed by atoms with E-state index in [0.717, 1.165) is 5.56 Å². The lowest BCUT2D eigenvalue weighted by atomic mass is 10.1. The van der Waals surface area contributed by atoms with E-state index in [1.54, 1.807) is 37.1 Å². The Labute approximate surface area is 116 Å². The first kappa shape index (κ1) is 14.1. The summed E-state index contributed by atoms with van der Waals surface area (Å²) < 4.78 is 0.